The quantitative estimate of drug-likeness (QED) is 0.868. The Labute approximate surface area is 102 Å². The van der Waals surface area contributed by atoms with Gasteiger partial charge in [-0.25, -0.2) is 4.79 Å². The molecular formula is C11H12BrNO3. The molecule has 0 aromatic heterocycles. The predicted octanol–water partition coefficient (Wildman–Crippen LogP) is 3.22. The van der Waals surface area contributed by atoms with Gasteiger partial charge in [0.1, 0.15) is 0 Å². The van der Waals surface area contributed by atoms with E-state index in [0.717, 1.165) is 4.47 Å². The summed E-state index contributed by atoms with van der Waals surface area (Å²) in [5.41, 5.74) is 0.900. The Morgan fingerprint density at radius 3 is 2.69 bits per heavy atom. The van der Waals surface area contributed by atoms with Crippen molar-refractivity contribution in [2.45, 2.75) is 13.8 Å². The lowest BCUT2D eigenvalue weighted by Crippen LogP contribution is -2.15. The highest BCUT2D eigenvalue weighted by atomic mass is 79.9. The van der Waals surface area contributed by atoms with Crippen molar-refractivity contribution in [2.75, 3.05) is 11.9 Å². The Morgan fingerprint density at radius 2 is 2.12 bits per heavy atom. The van der Waals surface area contributed by atoms with E-state index in [-0.39, 0.29) is 12.4 Å². The molecule has 0 aliphatic carbocycles. The average molecular weight is 286 g/mol. The Morgan fingerprint density at radius 1 is 1.44 bits per heavy atom. The Bertz CT molecular complexity index is 418. The molecule has 0 heterocycles. The minimum absolute atomic E-state index is 0.112. The average Bonchev–Trinajstić information content (AvgIpc) is 2.17. The summed E-state index contributed by atoms with van der Waals surface area (Å²) in [5, 5.41) is 2.52. The molecule has 16 heavy (non-hydrogen) atoms. The first-order chi connectivity index (χ1) is 7.54. The van der Waals surface area contributed by atoms with E-state index in [0.29, 0.717) is 11.3 Å². The molecule has 0 aliphatic rings. The Kier molecular flexibility index (Phi) is 4.49. The van der Waals surface area contributed by atoms with E-state index in [9.17, 15) is 9.59 Å². The topological polar surface area (TPSA) is 55.4 Å². The summed E-state index contributed by atoms with van der Waals surface area (Å²) in [4.78, 5) is 22.5. The first kappa shape index (κ1) is 12.7. The molecular weight excluding hydrogens is 274 g/mol. The number of carbonyl (C=O) groups excluding carboxylic acids is 2. The van der Waals surface area contributed by atoms with Crippen LogP contribution in [0.4, 0.5) is 10.5 Å². The number of halogens is 1. The fraction of sp³-hybridized carbons (Fsp3) is 0.273. The van der Waals surface area contributed by atoms with Crippen molar-refractivity contribution >= 4 is 33.5 Å². The van der Waals surface area contributed by atoms with Gasteiger partial charge >= 0.3 is 6.09 Å². The van der Waals surface area contributed by atoms with Gasteiger partial charge in [-0.05, 0) is 32.0 Å². The largest absolute Gasteiger partial charge is 0.450 e. The van der Waals surface area contributed by atoms with Crippen LogP contribution >= 0.6 is 15.9 Å². The lowest BCUT2D eigenvalue weighted by atomic mass is 10.1. The molecule has 86 valence electrons. The van der Waals surface area contributed by atoms with E-state index in [2.05, 4.69) is 21.2 Å². The maximum atomic E-state index is 11.3. The van der Waals surface area contributed by atoms with E-state index in [4.69, 9.17) is 4.74 Å². The highest BCUT2D eigenvalue weighted by molar-refractivity contribution is 9.10. The number of rotatable bonds is 3. The summed E-state index contributed by atoms with van der Waals surface area (Å²) in [6.07, 6.45) is -0.567. The van der Waals surface area contributed by atoms with Crippen LogP contribution in [0.3, 0.4) is 0 Å². The highest BCUT2D eigenvalue weighted by Crippen LogP contribution is 2.22. The number of nitrogens with one attached hydrogen (secondary N) is 1. The predicted molar refractivity (Wildman–Crippen MR) is 64.8 cm³/mol. The van der Waals surface area contributed by atoms with Crippen LogP contribution in [-0.4, -0.2) is 18.5 Å². The molecule has 0 aliphatic heterocycles. The third kappa shape index (κ3) is 3.34. The number of hydrogen-bond donors (Lipinski definition) is 1. The van der Waals surface area contributed by atoms with Crippen molar-refractivity contribution in [3.8, 4) is 0 Å². The summed E-state index contributed by atoms with van der Waals surface area (Å²) in [6, 6.07) is 5.05. The molecule has 0 spiro atoms. The molecule has 4 nitrogen and oxygen atoms in total. The minimum atomic E-state index is -0.567. The second-order valence-corrected chi connectivity index (χ2v) is 4.01. The van der Waals surface area contributed by atoms with Gasteiger partial charge in [-0.1, -0.05) is 15.9 Å². The van der Waals surface area contributed by atoms with Crippen LogP contribution in [0, 0.1) is 0 Å². The SMILES string of the molecule is CCOC(=O)Nc1cc(Br)ccc1C(C)=O. The van der Waals surface area contributed by atoms with Crippen LogP contribution in [0.25, 0.3) is 0 Å². The van der Waals surface area contributed by atoms with Gasteiger partial charge in [-0.2, -0.15) is 0 Å². The molecule has 0 atom stereocenters. The Hall–Kier alpha value is -1.36. The maximum absolute atomic E-state index is 11.3. The van der Waals surface area contributed by atoms with Crippen LogP contribution in [0.2, 0.25) is 0 Å². The second-order valence-electron chi connectivity index (χ2n) is 3.09. The van der Waals surface area contributed by atoms with Gasteiger partial charge in [0.15, 0.2) is 5.78 Å². The molecule has 0 bridgehead atoms. The van der Waals surface area contributed by atoms with E-state index in [1.54, 1.807) is 25.1 Å². The van der Waals surface area contributed by atoms with Gasteiger partial charge in [0.25, 0.3) is 0 Å². The molecule has 1 N–H and O–H groups in total. The van der Waals surface area contributed by atoms with E-state index in [1.807, 2.05) is 0 Å². The molecule has 1 amide bonds. The molecule has 0 radical (unpaired) electrons. The Balaban J connectivity index is 2.96. The van der Waals surface area contributed by atoms with Gasteiger partial charge in [0, 0.05) is 10.0 Å². The first-order valence-electron chi connectivity index (χ1n) is 4.79. The van der Waals surface area contributed by atoms with Gasteiger partial charge in [0.2, 0.25) is 0 Å². The zero-order valence-corrected chi connectivity index (χ0v) is 10.6. The van der Waals surface area contributed by atoms with Crippen molar-refractivity contribution in [3.05, 3.63) is 28.2 Å². The molecule has 1 aromatic carbocycles. The van der Waals surface area contributed by atoms with Crippen molar-refractivity contribution in [1.82, 2.24) is 0 Å². The summed E-state index contributed by atoms with van der Waals surface area (Å²) in [6.45, 7) is 3.45. The normalized spacial score (nSPS) is 9.69. The molecule has 1 aromatic rings. The lowest BCUT2D eigenvalue weighted by Gasteiger charge is -2.09. The van der Waals surface area contributed by atoms with Gasteiger partial charge < -0.3 is 4.74 Å². The maximum Gasteiger partial charge on any atom is 0.411 e. The fourth-order valence-corrected chi connectivity index (χ4v) is 1.57. The number of Topliss-reactive ketones (excluding diaryl/α,β-unsaturated/α-hetero) is 1. The highest BCUT2D eigenvalue weighted by Gasteiger charge is 2.10. The van der Waals surface area contributed by atoms with E-state index < -0.39 is 6.09 Å². The summed E-state index contributed by atoms with van der Waals surface area (Å²) in [5.74, 6) is -0.112. The summed E-state index contributed by atoms with van der Waals surface area (Å²) in [7, 11) is 0. The van der Waals surface area contributed by atoms with Gasteiger partial charge in [0.05, 0.1) is 12.3 Å². The first-order valence-corrected chi connectivity index (χ1v) is 5.58. The standard InChI is InChI=1S/C11H12BrNO3/c1-3-16-11(15)13-10-6-8(12)4-5-9(10)7(2)14/h4-6H,3H2,1-2H3,(H,13,15). The van der Waals surface area contributed by atoms with Crippen molar-refractivity contribution < 1.29 is 14.3 Å². The molecule has 0 saturated carbocycles. The monoisotopic (exact) mass is 285 g/mol. The van der Waals surface area contributed by atoms with Crippen LogP contribution in [0.15, 0.2) is 22.7 Å². The third-order valence-electron chi connectivity index (χ3n) is 1.87. The molecule has 5 heteroatoms. The lowest BCUT2D eigenvalue weighted by molar-refractivity contribution is 0.101. The van der Waals surface area contributed by atoms with Crippen LogP contribution < -0.4 is 5.32 Å². The number of hydrogen-bond acceptors (Lipinski definition) is 3. The fourth-order valence-electron chi connectivity index (χ4n) is 1.20. The minimum Gasteiger partial charge on any atom is -0.450 e. The molecule has 0 saturated heterocycles. The number of ketones is 1. The summed E-state index contributed by atoms with van der Waals surface area (Å²) >= 11 is 3.27. The molecule has 0 unspecified atom stereocenters. The van der Waals surface area contributed by atoms with Crippen LogP contribution in [-0.2, 0) is 4.74 Å². The number of carbonyl (C=O) groups is 2. The third-order valence-corrected chi connectivity index (χ3v) is 2.37. The van der Waals surface area contributed by atoms with Crippen molar-refractivity contribution in [1.29, 1.82) is 0 Å². The van der Waals surface area contributed by atoms with Gasteiger partial charge in [-0.3, -0.25) is 10.1 Å². The molecule has 0 fully saturated rings. The smallest absolute Gasteiger partial charge is 0.411 e. The van der Waals surface area contributed by atoms with Crippen molar-refractivity contribution in [3.63, 3.8) is 0 Å². The second kappa shape index (κ2) is 5.65. The van der Waals surface area contributed by atoms with E-state index in [1.165, 1.54) is 6.92 Å². The van der Waals surface area contributed by atoms with Crippen LogP contribution in [0.1, 0.15) is 24.2 Å². The number of ether oxygens (including phenoxy) is 1. The van der Waals surface area contributed by atoms with E-state index >= 15 is 0 Å². The zero-order chi connectivity index (χ0) is 12.1. The van der Waals surface area contributed by atoms with Crippen LogP contribution in [0.5, 0.6) is 0 Å². The number of amides is 1. The van der Waals surface area contributed by atoms with Crippen molar-refractivity contribution in [2.24, 2.45) is 0 Å². The number of anilines is 1. The summed E-state index contributed by atoms with van der Waals surface area (Å²) < 4.78 is 5.53. The zero-order valence-electron chi connectivity index (χ0n) is 9.04. The molecule has 1 rings (SSSR count). The van der Waals surface area contributed by atoms with Gasteiger partial charge in [-0.15, -0.1) is 0 Å². The number of benzene rings is 1.